The van der Waals surface area contributed by atoms with Crippen molar-refractivity contribution in [1.82, 2.24) is 5.43 Å². The fraction of sp³-hybridized carbons (Fsp3) is 0.429. The molecule has 0 heterocycles. The second kappa shape index (κ2) is 6.76. The number of amides is 1. The van der Waals surface area contributed by atoms with Crippen LogP contribution in [0.25, 0.3) is 0 Å². The largest absolute Gasteiger partial charge is 0.480 e. The summed E-state index contributed by atoms with van der Waals surface area (Å²) in [5.41, 5.74) is 4.37. The summed E-state index contributed by atoms with van der Waals surface area (Å²) in [5, 5.41) is 8.90. The highest BCUT2D eigenvalue weighted by Gasteiger charge is 2.20. The monoisotopic (exact) mass is 261 g/mol. The lowest BCUT2D eigenvalue weighted by atomic mass is 10.1. The lowest BCUT2D eigenvalue weighted by Crippen LogP contribution is -2.42. The van der Waals surface area contributed by atoms with Crippen LogP contribution in [0.1, 0.15) is 36.5 Å². The first kappa shape index (κ1) is 15.0. The summed E-state index contributed by atoms with van der Waals surface area (Å²) >= 11 is 0. The van der Waals surface area contributed by atoms with Gasteiger partial charge in [-0.3, -0.25) is 10.2 Å². The van der Waals surface area contributed by atoms with Crippen molar-refractivity contribution in [1.29, 1.82) is 5.26 Å². The molecule has 0 aromatic heterocycles. The van der Waals surface area contributed by atoms with Crippen LogP contribution < -0.4 is 16.0 Å². The zero-order valence-corrected chi connectivity index (χ0v) is 11.5. The Morgan fingerprint density at radius 2 is 2.05 bits per heavy atom. The van der Waals surface area contributed by atoms with E-state index in [-0.39, 0.29) is 5.91 Å². The first-order valence-corrected chi connectivity index (χ1v) is 6.21. The number of hydrogen-bond acceptors (Lipinski definition) is 4. The SMILES string of the molecule is CCCC(Oc1c(C)cc(C#N)cc1C)C(=O)NN. The average molecular weight is 261 g/mol. The smallest absolute Gasteiger partial charge is 0.274 e. The molecular weight excluding hydrogens is 242 g/mol. The van der Waals surface area contributed by atoms with Crippen molar-refractivity contribution >= 4 is 5.91 Å². The van der Waals surface area contributed by atoms with Crippen molar-refractivity contribution in [2.24, 2.45) is 5.84 Å². The third-order valence-corrected chi connectivity index (χ3v) is 2.84. The molecule has 0 spiro atoms. The van der Waals surface area contributed by atoms with Gasteiger partial charge in [0.25, 0.3) is 5.91 Å². The number of nitrogens with zero attached hydrogens (tertiary/aromatic N) is 1. The number of hydrogen-bond donors (Lipinski definition) is 2. The summed E-state index contributed by atoms with van der Waals surface area (Å²) in [5.74, 6) is 5.45. The number of nitriles is 1. The molecule has 0 bridgehead atoms. The molecule has 0 fully saturated rings. The second-order valence-corrected chi connectivity index (χ2v) is 4.45. The van der Waals surface area contributed by atoms with E-state index in [1.807, 2.05) is 20.8 Å². The van der Waals surface area contributed by atoms with Gasteiger partial charge in [-0.15, -0.1) is 0 Å². The van der Waals surface area contributed by atoms with Crippen LogP contribution in [-0.4, -0.2) is 12.0 Å². The number of aryl methyl sites for hydroxylation is 2. The van der Waals surface area contributed by atoms with Crippen molar-refractivity contribution in [3.8, 4) is 11.8 Å². The molecule has 0 saturated carbocycles. The van der Waals surface area contributed by atoms with Gasteiger partial charge >= 0.3 is 0 Å². The van der Waals surface area contributed by atoms with Crippen LogP contribution in [0.2, 0.25) is 0 Å². The number of rotatable bonds is 5. The van der Waals surface area contributed by atoms with Crippen molar-refractivity contribution in [2.75, 3.05) is 0 Å². The van der Waals surface area contributed by atoms with Gasteiger partial charge in [0.05, 0.1) is 11.6 Å². The lowest BCUT2D eigenvalue weighted by molar-refractivity contribution is -0.128. The van der Waals surface area contributed by atoms with Gasteiger partial charge in [-0.05, 0) is 43.5 Å². The predicted molar refractivity (Wildman–Crippen MR) is 72.3 cm³/mol. The van der Waals surface area contributed by atoms with E-state index >= 15 is 0 Å². The highest BCUT2D eigenvalue weighted by Crippen LogP contribution is 2.26. The Morgan fingerprint density at radius 3 is 2.47 bits per heavy atom. The standard InChI is InChI=1S/C14H19N3O2/c1-4-5-12(14(18)17-16)19-13-9(2)6-11(8-15)7-10(13)3/h6-7,12H,4-5,16H2,1-3H3,(H,17,18). The van der Waals surface area contributed by atoms with Gasteiger partial charge in [0.2, 0.25) is 0 Å². The van der Waals surface area contributed by atoms with Gasteiger partial charge in [0, 0.05) is 0 Å². The van der Waals surface area contributed by atoms with Crippen LogP contribution in [0.3, 0.4) is 0 Å². The summed E-state index contributed by atoms with van der Waals surface area (Å²) in [7, 11) is 0. The van der Waals surface area contributed by atoms with Gasteiger partial charge in [0.15, 0.2) is 6.10 Å². The maximum atomic E-state index is 11.6. The Morgan fingerprint density at radius 1 is 1.47 bits per heavy atom. The molecule has 0 radical (unpaired) electrons. The number of hydrazine groups is 1. The molecule has 1 aromatic rings. The Labute approximate surface area is 113 Å². The van der Waals surface area contributed by atoms with Gasteiger partial charge in [-0.25, -0.2) is 5.84 Å². The first-order valence-electron chi connectivity index (χ1n) is 6.21. The minimum absolute atomic E-state index is 0.343. The van der Waals surface area contributed by atoms with Gasteiger partial charge in [0.1, 0.15) is 5.75 Å². The fourth-order valence-electron chi connectivity index (χ4n) is 1.94. The topological polar surface area (TPSA) is 88.1 Å². The highest BCUT2D eigenvalue weighted by atomic mass is 16.5. The third-order valence-electron chi connectivity index (χ3n) is 2.84. The molecule has 1 rings (SSSR count). The summed E-state index contributed by atoms with van der Waals surface area (Å²) < 4.78 is 5.77. The molecule has 1 amide bonds. The quantitative estimate of drug-likeness (QED) is 0.480. The number of nitrogens with two attached hydrogens (primary N) is 1. The van der Waals surface area contributed by atoms with Crippen LogP contribution in [0.4, 0.5) is 0 Å². The Hall–Kier alpha value is -2.06. The summed E-state index contributed by atoms with van der Waals surface area (Å²) in [6.45, 7) is 5.68. The normalized spacial score (nSPS) is 11.5. The van der Waals surface area contributed by atoms with E-state index in [2.05, 4.69) is 11.5 Å². The van der Waals surface area contributed by atoms with E-state index < -0.39 is 6.10 Å². The highest BCUT2D eigenvalue weighted by molar-refractivity contribution is 5.80. The molecule has 0 aliphatic carbocycles. The van der Waals surface area contributed by atoms with Crippen molar-refractivity contribution in [3.63, 3.8) is 0 Å². The molecule has 5 nitrogen and oxygen atoms in total. The predicted octanol–water partition coefficient (Wildman–Crippen LogP) is 1.71. The van der Waals surface area contributed by atoms with E-state index in [0.717, 1.165) is 17.5 Å². The van der Waals surface area contributed by atoms with Crippen LogP contribution in [0, 0.1) is 25.2 Å². The molecule has 5 heteroatoms. The number of carbonyl (C=O) groups is 1. The molecule has 0 aliphatic heterocycles. The zero-order valence-electron chi connectivity index (χ0n) is 11.5. The molecule has 0 saturated heterocycles. The lowest BCUT2D eigenvalue weighted by Gasteiger charge is -2.20. The van der Waals surface area contributed by atoms with E-state index in [1.165, 1.54) is 0 Å². The first-order chi connectivity index (χ1) is 9.03. The molecule has 1 atom stereocenters. The molecule has 3 N–H and O–H groups in total. The van der Waals surface area contributed by atoms with Crippen LogP contribution in [0.5, 0.6) is 5.75 Å². The average Bonchev–Trinajstić information content (AvgIpc) is 2.40. The zero-order chi connectivity index (χ0) is 14.4. The van der Waals surface area contributed by atoms with E-state index in [0.29, 0.717) is 17.7 Å². The Balaban J connectivity index is 3.03. The van der Waals surface area contributed by atoms with Crippen molar-refractivity contribution in [3.05, 3.63) is 28.8 Å². The Bertz CT molecular complexity index is 483. The molecule has 1 aromatic carbocycles. The summed E-state index contributed by atoms with van der Waals surface area (Å²) in [6, 6.07) is 5.58. The second-order valence-electron chi connectivity index (χ2n) is 4.45. The maximum Gasteiger partial charge on any atom is 0.274 e. The molecule has 0 aliphatic rings. The summed E-state index contributed by atoms with van der Waals surface area (Å²) in [6.07, 6.45) is 0.786. The van der Waals surface area contributed by atoms with E-state index in [9.17, 15) is 4.79 Å². The van der Waals surface area contributed by atoms with Gasteiger partial charge in [-0.2, -0.15) is 5.26 Å². The molecule has 19 heavy (non-hydrogen) atoms. The number of carbonyl (C=O) groups excluding carboxylic acids is 1. The van der Waals surface area contributed by atoms with Crippen LogP contribution in [0.15, 0.2) is 12.1 Å². The van der Waals surface area contributed by atoms with Gasteiger partial charge < -0.3 is 4.74 Å². The fourth-order valence-corrected chi connectivity index (χ4v) is 1.94. The Kier molecular flexibility index (Phi) is 5.34. The van der Waals surface area contributed by atoms with Crippen LogP contribution in [-0.2, 0) is 4.79 Å². The summed E-state index contributed by atoms with van der Waals surface area (Å²) in [4.78, 5) is 11.6. The number of ether oxygens (including phenoxy) is 1. The molecule has 1 unspecified atom stereocenters. The van der Waals surface area contributed by atoms with Crippen molar-refractivity contribution < 1.29 is 9.53 Å². The minimum atomic E-state index is -0.611. The van der Waals surface area contributed by atoms with Crippen molar-refractivity contribution in [2.45, 2.75) is 39.7 Å². The third kappa shape index (κ3) is 3.70. The number of nitrogens with one attached hydrogen (secondary N) is 1. The maximum absolute atomic E-state index is 11.6. The van der Waals surface area contributed by atoms with Gasteiger partial charge in [-0.1, -0.05) is 13.3 Å². The van der Waals surface area contributed by atoms with E-state index in [4.69, 9.17) is 15.8 Å². The minimum Gasteiger partial charge on any atom is -0.480 e. The molecule has 102 valence electrons. The number of benzene rings is 1. The van der Waals surface area contributed by atoms with E-state index in [1.54, 1.807) is 12.1 Å². The van der Waals surface area contributed by atoms with Crippen LogP contribution >= 0.6 is 0 Å². The molecular formula is C14H19N3O2.